The monoisotopic (exact) mass is 266 g/mol. The second-order valence-corrected chi connectivity index (χ2v) is 6.83. The van der Waals surface area contributed by atoms with Gasteiger partial charge in [-0.3, -0.25) is 4.79 Å². The van der Waals surface area contributed by atoms with Crippen LogP contribution in [-0.4, -0.2) is 50.1 Å². The number of hydrogen-bond donors (Lipinski definition) is 3. The van der Waals surface area contributed by atoms with Crippen molar-refractivity contribution < 1.29 is 18.3 Å². The van der Waals surface area contributed by atoms with E-state index in [2.05, 4.69) is 5.32 Å². The van der Waals surface area contributed by atoms with Crippen molar-refractivity contribution in [2.45, 2.75) is 32.4 Å². The Balaban J connectivity index is 4.22. The standard InChI is InChI=1S/C10H22N2O4S/c1-7(2)9(6-13)12-10(14)8(11)4-5-17(3,15)16/h7-9,13H,4-6,11H2,1-3H3,(H,12,14)/t8?,9-/m1/s1. The predicted octanol–water partition coefficient (Wildman–Crippen LogP) is -1.12. The highest BCUT2D eigenvalue weighted by atomic mass is 32.2. The molecule has 0 radical (unpaired) electrons. The summed E-state index contributed by atoms with van der Waals surface area (Å²) >= 11 is 0. The number of amides is 1. The van der Waals surface area contributed by atoms with Crippen LogP contribution in [0.5, 0.6) is 0 Å². The van der Waals surface area contributed by atoms with E-state index in [4.69, 9.17) is 10.8 Å². The molecule has 4 N–H and O–H groups in total. The zero-order chi connectivity index (χ0) is 13.6. The number of nitrogens with two attached hydrogens (primary N) is 1. The first-order valence-electron chi connectivity index (χ1n) is 5.52. The van der Waals surface area contributed by atoms with E-state index in [0.717, 1.165) is 6.26 Å². The van der Waals surface area contributed by atoms with E-state index < -0.39 is 21.8 Å². The van der Waals surface area contributed by atoms with Crippen molar-refractivity contribution in [3.05, 3.63) is 0 Å². The minimum Gasteiger partial charge on any atom is -0.394 e. The van der Waals surface area contributed by atoms with Gasteiger partial charge in [0, 0.05) is 6.26 Å². The van der Waals surface area contributed by atoms with E-state index in [-0.39, 0.29) is 30.7 Å². The van der Waals surface area contributed by atoms with Crippen LogP contribution in [0.1, 0.15) is 20.3 Å². The molecule has 0 aliphatic carbocycles. The van der Waals surface area contributed by atoms with Gasteiger partial charge in [-0.15, -0.1) is 0 Å². The average molecular weight is 266 g/mol. The molecule has 0 aliphatic heterocycles. The molecule has 0 rings (SSSR count). The Labute approximate surface area is 102 Å². The Hall–Kier alpha value is -0.660. The Kier molecular flexibility index (Phi) is 6.66. The van der Waals surface area contributed by atoms with Gasteiger partial charge in [0.15, 0.2) is 0 Å². The number of aliphatic hydroxyl groups excluding tert-OH is 1. The minimum absolute atomic E-state index is 0.0842. The third-order valence-electron chi connectivity index (χ3n) is 2.47. The molecule has 0 heterocycles. The van der Waals surface area contributed by atoms with Crippen molar-refractivity contribution in [1.29, 1.82) is 0 Å². The van der Waals surface area contributed by atoms with Gasteiger partial charge < -0.3 is 16.2 Å². The van der Waals surface area contributed by atoms with E-state index >= 15 is 0 Å². The average Bonchev–Trinajstić information content (AvgIpc) is 2.20. The first-order chi connectivity index (χ1) is 7.67. The van der Waals surface area contributed by atoms with Crippen LogP contribution >= 0.6 is 0 Å². The topological polar surface area (TPSA) is 109 Å². The van der Waals surface area contributed by atoms with Gasteiger partial charge in [-0.1, -0.05) is 13.8 Å². The first kappa shape index (κ1) is 16.3. The summed E-state index contributed by atoms with van der Waals surface area (Å²) in [7, 11) is -3.11. The summed E-state index contributed by atoms with van der Waals surface area (Å²) in [4.78, 5) is 11.6. The van der Waals surface area contributed by atoms with Crippen LogP contribution in [-0.2, 0) is 14.6 Å². The molecule has 7 heteroatoms. The van der Waals surface area contributed by atoms with Gasteiger partial charge in [0.25, 0.3) is 0 Å². The highest BCUT2D eigenvalue weighted by molar-refractivity contribution is 7.90. The number of carbonyl (C=O) groups is 1. The quantitative estimate of drug-likeness (QED) is 0.541. The number of hydrogen-bond acceptors (Lipinski definition) is 5. The molecule has 0 aliphatic rings. The molecule has 17 heavy (non-hydrogen) atoms. The molecule has 1 amide bonds. The smallest absolute Gasteiger partial charge is 0.237 e. The van der Waals surface area contributed by atoms with E-state index in [9.17, 15) is 13.2 Å². The fraction of sp³-hybridized carbons (Fsp3) is 0.900. The van der Waals surface area contributed by atoms with Gasteiger partial charge >= 0.3 is 0 Å². The molecule has 0 spiro atoms. The number of sulfone groups is 1. The Morgan fingerprint density at radius 2 is 1.94 bits per heavy atom. The summed E-state index contributed by atoms with van der Waals surface area (Å²) < 4.78 is 21.8. The molecule has 0 aromatic carbocycles. The SMILES string of the molecule is CC(C)[C@@H](CO)NC(=O)C(N)CCS(C)(=O)=O. The van der Waals surface area contributed by atoms with Gasteiger partial charge in [-0.25, -0.2) is 8.42 Å². The van der Waals surface area contributed by atoms with Crippen LogP contribution in [0.2, 0.25) is 0 Å². The Morgan fingerprint density at radius 3 is 2.29 bits per heavy atom. The van der Waals surface area contributed by atoms with E-state index in [1.807, 2.05) is 13.8 Å². The van der Waals surface area contributed by atoms with Crippen molar-refractivity contribution in [2.75, 3.05) is 18.6 Å². The molecular weight excluding hydrogens is 244 g/mol. The van der Waals surface area contributed by atoms with Crippen LogP contribution in [0, 0.1) is 5.92 Å². The summed E-state index contributed by atoms with van der Waals surface area (Å²) in [6.45, 7) is 3.56. The zero-order valence-corrected chi connectivity index (χ0v) is 11.3. The molecule has 0 aromatic heterocycles. The molecule has 6 nitrogen and oxygen atoms in total. The third-order valence-corrected chi connectivity index (χ3v) is 3.44. The molecule has 2 atom stereocenters. The largest absolute Gasteiger partial charge is 0.394 e. The van der Waals surface area contributed by atoms with Crippen molar-refractivity contribution in [3.8, 4) is 0 Å². The van der Waals surface area contributed by atoms with Crippen molar-refractivity contribution in [1.82, 2.24) is 5.32 Å². The predicted molar refractivity (Wildman–Crippen MR) is 66.2 cm³/mol. The Bertz CT molecular complexity index is 340. The molecular formula is C10H22N2O4S. The zero-order valence-electron chi connectivity index (χ0n) is 10.5. The summed E-state index contributed by atoms with van der Waals surface area (Å²) in [6, 6.07) is -1.22. The Morgan fingerprint density at radius 1 is 1.41 bits per heavy atom. The number of nitrogens with one attached hydrogen (secondary N) is 1. The summed E-state index contributed by atoms with van der Waals surface area (Å²) in [5.74, 6) is -0.458. The summed E-state index contributed by atoms with van der Waals surface area (Å²) in [5, 5.41) is 11.6. The number of rotatable bonds is 7. The molecule has 0 saturated heterocycles. The maximum absolute atomic E-state index is 11.6. The molecule has 0 bridgehead atoms. The van der Waals surface area contributed by atoms with Crippen molar-refractivity contribution in [2.24, 2.45) is 11.7 Å². The maximum atomic E-state index is 11.6. The second kappa shape index (κ2) is 6.93. The van der Waals surface area contributed by atoms with Crippen LogP contribution in [0.25, 0.3) is 0 Å². The lowest BCUT2D eigenvalue weighted by Gasteiger charge is -2.22. The lowest BCUT2D eigenvalue weighted by atomic mass is 10.0. The van der Waals surface area contributed by atoms with Gasteiger partial charge in [-0.2, -0.15) is 0 Å². The summed E-state index contributed by atoms with van der Waals surface area (Å²) in [5.41, 5.74) is 5.57. The van der Waals surface area contributed by atoms with E-state index in [0.29, 0.717) is 0 Å². The fourth-order valence-corrected chi connectivity index (χ4v) is 1.87. The molecule has 102 valence electrons. The van der Waals surface area contributed by atoms with Crippen molar-refractivity contribution in [3.63, 3.8) is 0 Å². The van der Waals surface area contributed by atoms with Crippen molar-refractivity contribution >= 4 is 15.7 Å². The van der Waals surface area contributed by atoms with Gasteiger partial charge in [-0.05, 0) is 12.3 Å². The van der Waals surface area contributed by atoms with Crippen LogP contribution < -0.4 is 11.1 Å². The normalized spacial score (nSPS) is 15.6. The van der Waals surface area contributed by atoms with Gasteiger partial charge in [0.2, 0.25) is 5.91 Å². The lowest BCUT2D eigenvalue weighted by molar-refractivity contribution is -0.123. The van der Waals surface area contributed by atoms with E-state index in [1.54, 1.807) is 0 Å². The van der Waals surface area contributed by atoms with Crippen LogP contribution in [0.4, 0.5) is 0 Å². The maximum Gasteiger partial charge on any atom is 0.237 e. The van der Waals surface area contributed by atoms with Gasteiger partial charge in [0.1, 0.15) is 9.84 Å². The number of carbonyl (C=O) groups excluding carboxylic acids is 1. The minimum atomic E-state index is -3.11. The molecule has 1 unspecified atom stereocenters. The van der Waals surface area contributed by atoms with Crippen LogP contribution in [0.15, 0.2) is 0 Å². The highest BCUT2D eigenvalue weighted by Gasteiger charge is 2.20. The van der Waals surface area contributed by atoms with Crippen LogP contribution in [0.3, 0.4) is 0 Å². The lowest BCUT2D eigenvalue weighted by Crippen LogP contribution is -2.49. The molecule has 0 saturated carbocycles. The molecule has 0 fully saturated rings. The summed E-state index contributed by atoms with van der Waals surface area (Å²) in [6.07, 6.45) is 1.18. The molecule has 0 aromatic rings. The second-order valence-electron chi connectivity index (χ2n) is 4.57. The van der Waals surface area contributed by atoms with Gasteiger partial charge in [0.05, 0.1) is 24.4 Å². The highest BCUT2D eigenvalue weighted by Crippen LogP contribution is 2.02. The number of aliphatic hydroxyl groups is 1. The third kappa shape index (κ3) is 7.30. The van der Waals surface area contributed by atoms with E-state index in [1.165, 1.54) is 0 Å². The fourth-order valence-electron chi connectivity index (χ4n) is 1.19. The first-order valence-corrected chi connectivity index (χ1v) is 7.58.